The van der Waals surface area contributed by atoms with Crippen LogP contribution in [-0.4, -0.2) is 48.4 Å². The number of esters is 1. The number of imide groups is 1. The van der Waals surface area contributed by atoms with Gasteiger partial charge >= 0.3 is 12.0 Å². The van der Waals surface area contributed by atoms with Crippen LogP contribution in [0.3, 0.4) is 0 Å². The molecule has 150 valence electrons. The van der Waals surface area contributed by atoms with E-state index in [4.69, 9.17) is 4.74 Å². The number of fused-ring (bicyclic) bond motifs is 2. The summed E-state index contributed by atoms with van der Waals surface area (Å²) in [6.07, 6.45) is 2.09. The van der Waals surface area contributed by atoms with E-state index in [0.29, 0.717) is 13.0 Å². The van der Waals surface area contributed by atoms with Crippen molar-refractivity contribution in [1.82, 2.24) is 15.5 Å². The maximum absolute atomic E-state index is 13.1. The maximum atomic E-state index is 13.1. The minimum Gasteiger partial charge on any atom is -0.454 e. The van der Waals surface area contributed by atoms with E-state index in [1.807, 2.05) is 38.1 Å². The SMILES string of the molecule is CC(C)CNC(=O)COC(=O)CN1C(=O)N[C@@]2(CCCc3ccccc32)C1=O. The second-order valence-corrected chi connectivity index (χ2v) is 7.60. The van der Waals surface area contributed by atoms with E-state index in [-0.39, 0.29) is 5.92 Å². The molecule has 1 aromatic carbocycles. The molecule has 28 heavy (non-hydrogen) atoms. The van der Waals surface area contributed by atoms with Crippen LogP contribution in [0.25, 0.3) is 0 Å². The number of hydrogen-bond acceptors (Lipinski definition) is 5. The smallest absolute Gasteiger partial charge is 0.326 e. The van der Waals surface area contributed by atoms with E-state index in [1.165, 1.54) is 0 Å². The Kier molecular flexibility index (Phi) is 5.67. The summed E-state index contributed by atoms with van der Waals surface area (Å²) in [6.45, 7) is 3.41. The van der Waals surface area contributed by atoms with Gasteiger partial charge in [-0.2, -0.15) is 0 Å². The van der Waals surface area contributed by atoms with Crippen molar-refractivity contribution in [1.29, 1.82) is 0 Å². The summed E-state index contributed by atoms with van der Waals surface area (Å²) in [6, 6.07) is 6.90. The Balaban J connectivity index is 1.64. The number of urea groups is 1. The Labute approximate surface area is 163 Å². The number of amides is 4. The normalized spacial score (nSPS) is 20.9. The number of aryl methyl sites for hydroxylation is 1. The molecular weight excluding hydrogens is 362 g/mol. The third-order valence-corrected chi connectivity index (χ3v) is 5.01. The van der Waals surface area contributed by atoms with Gasteiger partial charge in [-0.3, -0.25) is 19.3 Å². The molecule has 2 N–H and O–H groups in total. The molecule has 4 amide bonds. The first kappa shape index (κ1) is 19.9. The van der Waals surface area contributed by atoms with E-state index >= 15 is 0 Å². The van der Waals surface area contributed by atoms with Crippen molar-refractivity contribution < 1.29 is 23.9 Å². The monoisotopic (exact) mass is 387 g/mol. The van der Waals surface area contributed by atoms with Gasteiger partial charge in [0.25, 0.3) is 11.8 Å². The lowest BCUT2D eigenvalue weighted by Crippen LogP contribution is -2.46. The molecule has 1 aliphatic heterocycles. The van der Waals surface area contributed by atoms with Crippen molar-refractivity contribution in [2.45, 2.75) is 38.6 Å². The Morgan fingerprint density at radius 1 is 1.29 bits per heavy atom. The van der Waals surface area contributed by atoms with Crippen LogP contribution in [-0.2, 0) is 31.1 Å². The van der Waals surface area contributed by atoms with Gasteiger partial charge in [-0.05, 0) is 36.3 Å². The van der Waals surface area contributed by atoms with Gasteiger partial charge in [0.15, 0.2) is 6.61 Å². The summed E-state index contributed by atoms with van der Waals surface area (Å²) in [4.78, 5) is 50.1. The largest absolute Gasteiger partial charge is 0.454 e. The fraction of sp³-hybridized carbons (Fsp3) is 0.500. The average molecular weight is 387 g/mol. The van der Waals surface area contributed by atoms with Gasteiger partial charge in [-0.1, -0.05) is 38.1 Å². The van der Waals surface area contributed by atoms with Crippen molar-refractivity contribution in [3.05, 3.63) is 35.4 Å². The minimum atomic E-state index is -1.12. The third kappa shape index (κ3) is 3.85. The maximum Gasteiger partial charge on any atom is 0.326 e. The van der Waals surface area contributed by atoms with Crippen LogP contribution in [0.4, 0.5) is 4.79 Å². The lowest BCUT2D eigenvalue weighted by molar-refractivity contribution is -0.151. The molecule has 1 atom stereocenters. The standard InChI is InChI=1S/C20H25N3O5/c1-13(2)10-21-16(24)12-28-17(25)11-23-18(26)20(22-19(23)27)9-5-7-14-6-3-4-8-15(14)20/h3-4,6,8,13H,5,7,9-12H2,1-2H3,(H,21,24)(H,22,27)/t20-/m1/s1. The summed E-state index contributed by atoms with van der Waals surface area (Å²) in [7, 11) is 0. The van der Waals surface area contributed by atoms with Gasteiger partial charge in [0.2, 0.25) is 0 Å². The van der Waals surface area contributed by atoms with Crippen LogP contribution in [0.1, 0.15) is 37.8 Å². The van der Waals surface area contributed by atoms with E-state index in [1.54, 1.807) is 0 Å². The van der Waals surface area contributed by atoms with Gasteiger partial charge < -0.3 is 15.4 Å². The molecule has 2 aliphatic rings. The van der Waals surface area contributed by atoms with Crippen molar-refractivity contribution in [2.75, 3.05) is 19.7 Å². The average Bonchev–Trinajstić information content (AvgIpc) is 2.90. The molecule has 0 bridgehead atoms. The highest BCUT2D eigenvalue weighted by Crippen LogP contribution is 2.39. The van der Waals surface area contributed by atoms with Crippen LogP contribution >= 0.6 is 0 Å². The van der Waals surface area contributed by atoms with Crippen LogP contribution in [0.5, 0.6) is 0 Å². The van der Waals surface area contributed by atoms with E-state index < -0.39 is 42.5 Å². The zero-order chi connectivity index (χ0) is 20.3. The summed E-state index contributed by atoms with van der Waals surface area (Å²) in [5.41, 5.74) is 0.679. The number of hydrogen-bond donors (Lipinski definition) is 2. The molecule has 1 fully saturated rings. The highest BCUT2D eigenvalue weighted by atomic mass is 16.5. The molecule has 1 heterocycles. The first-order chi connectivity index (χ1) is 13.3. The highest BCUT2D eigenvalue weighted by molar-refractivity contribution is 6.09. The van der Waals surface area contributed by atoms with Gasteiger partial charge in [-0.15, -0.1) is 0 Å². The minimum absolute atomic E-state index is 0.278. The van der Waals surface area contributed by atoms with E-state index in [2.05, 4.69) is 10.6 Å². The Morgan fingerprint density at radius 3 is 2.79 bits per heavy atom. The highest BCUT2D eigenvalue weighted by Gasteiger charge is 2.54. The van der Waals surface area contributed by atoms with E-state index in [0.717, 1.165) is 28.9 Å². The fourth-order valence-electron chi connectivity index (χ4n) is 3.64. The quantitative estimate of drug-likeness (QED) is 0.562. The Hall–Kier alpha value is -2.90. The lowest BCUT2D eigenvalue weighted by atomic mass is 9.76. The molecule has 3 rings (SSSR count). The summed E-state index contributed by atoms with van der Waals surface area (Å²) in [5.74, 6) is -1.40. The van der Waals surface area contributed by atoms with Crippen molar-refractivity contribution in [2.24, 2.45) is 5.92 Å². The first-order valence-electron chi connectivity index (χ1n) is 9.48. The molecule has 8 nitrogen and oxygen atoms in total. The number of nitrogens with zero attached hydrogens (tertiary/aromatic N) is 1. The first-order valence-corrected chi connectivity index (χ1v) is 9.48. The van der Waals surface area contributed by atoms with Crippen LogP contribution < -0.4 is 10.6 Å². The molecule has 8 heteroatoms. The molecule has 0 radical (unpaired) electrons. The van der Waals surface area contributed by atoms with Crippen molar-refractivity contribution in [3.63, 3.8) is 0 Å². The second kappa shape index (κ2) is 8.00. The number of nitrogens with one attached hydrogen (secondary N) is 2. The second-order valence-electron chi connectivity index (χ2n) is 7.60. The lowest BCUT2D eigenvalue weighted by Gasteiger charge is -2.33. The molecule has 0 unspecified atom stereocenters. The van der Waals surface area contributed by atoms with E-state index in [9.17, 15) is 19.2 Å². The Bertz CT molecular complexity index is 807. The van der Waals surface area contributed by atoms with Gasteiger partial charge in [0, 0.05) is 6.54 Å². The van der Waals surface area contributed by atoms with Gasteiger partial charge in [-0.25, -0.2) is 4.79 Å². The molecule has 0 aromatic heterocycles. The summed E-state index contributed by atoms with van der Waals surface area (Å²) >= 11 is 0. The fourth-order valence-corrected chi connectivity index (χ4v) is 3.64. The molecular formula is C20H25N3O5. The molecule has 1 aliphatic carbocycles. The summed E-state index contributed by atoms with van der Waals surface area (Å²) < 4.78 is 4.92. The number of benzene rings is 1. The molecule has 1 saturated heterocycles. The topological polar surface area (TPSA) is 105 Å². The number of ether oxygens (including phenoxy) is 1. The van der Waals surface area contributed by atoms with Crippen LogP contribution in [0.15, 0.2) is 24.3 Å². The Morgan fingerprint density at radius 2 is 2.04 bits per heavy atom. The number of carbonyl (C=O) groups excluding carboxylic acids is 4. The third-order valence-electron chi connectivity index (χ3n) is 5.01. The van der Waals surface area contributed by atoms with Gasteiger partial charge in [0.1, 0.15) is 12.1 Å². The molecule has 0 saturated carbocycles. The van der Waals surface area contributed by atoms with Crippen LogP contribution in [0.2, 0.25) is 0 Å². The number of carbonyl (C=O) groups is 4. The van der Waals surface area contributed by atoms with Crippen LogP contribution in [0, 0.1) is 5.92 Å². The van der Waals surface area contributed by atoms with Crippen molar-refractivity contribution in [3.8, 4) is 0 Å². The van der Waals surface area contributed by atoms with Gasteiger partial charge in [0.05, 0.1) is 0 Å². The zero-order valence-electron chi connectivity index (χ0n) is 16.1. The van der Waals surface area contributed by atoms with Crippen molar-refractivity contribution >= 4 is 23.8 Å². The predicted octanol–water partition coefficient (Wildman–Crippen LogP) is 1.09. The summed E-state index contributed by atoms with van der Waals surface area (Å²) in [5, 5.41) is 5.41. The zero-order valence-corrected chi connectivity index (χ0v) is 16.1. The molecule has 1 aromatic rings. The predicted molar refractivity (Wildman–Crippen MR) is 100 cm³/mol. The molecule has 1 spiro atoms. The number of rotatable bonds is 6.